The predicted octanol–water partition coefficient (Wildman–Crippen LogP) is 2.71. The lowest BCUT2D eigenvalue weighted by molar-refractivity contribution is 0.0697. The second kappa shape index (κ2) is 4.28. The van der Waals surface area contributed by atoms with E-state index in [1.165, 1.54) is 12.5 Å². The van der Waals surface area contributed by atoms with E-state index in [0.29, 0.717) is 5.69 Å². The summed E-state index contributed by atoms with van der Waals surface area (Å²) >= 11 is 0. The fourth-order valence-corrected chi connectivity index (χ4v) is 2.25. The second-order valence-corrected chi connectivity index (χ2v) is 4.72. The van der Waals surface area contributed by atoms with Crippen LogP contribution in [0.15, 0.2) is 18.2 Å². The van der Waals surface area contributed by atoms with Crippen LogP contribution in [0, 0.1) is 0 Å². The first-order valence-corrected chi connectivity index (χ1v) is 5.97. The number of anilines is 2. The van der Waals surface area contributed by atoms with Crippen molar-refractivity contribution in [1.29, 1.82) is 0 Å². The summed E-state index contributed by atoms with van der Waals surface area (Å²) < 4.78 is 0. The van der Waals surface area contributed by atoms with Crippen LogP contribution in [0.25, 0.3) is 0 Å². The molecule has 1 fully saturated rings. The summed E-state index contributed by atoms with van der Waals surface area (Å²) in [6.07, 6.45) is 4.50. The highest BCUT2D eigenvalue weighted by molar-refractivity contribution is 5.90. The molecular formula is C13H18N2O2. The molecule has 4 N–H and O–H groups in total. The van der Waals surface area contributed by atoms with Gasteiger partial charge in [0.25, 0.3) is 0 Å². The van der Waals surface area contributed by atoms with Crippen molar-refractivity contribution in [2.24, 2.45) is 0 Å². The molecule has 0 aliphatic heterocycles. The van der Waals surface area contributed by atoms with Crippen molar-refractivity contribution in [2.45, 2.75) is 38.1 Å². The van der Waals surface area contributed by atoms with Crippen LogP contribution in [0.4, 0.5) is 11.4 Å². The van der Waals surface area contributed by atoms with Crippen molar-refractivity contribution in [3.8, 4) is 0 Å². The van der Waals surface area contributed by atoms with E-state index in [-0.39, 0.29) is 11.1 Å². The van der Waals surface area contributed by atoms with Gasteiger partial charge in [0.1, 0.15) is 0 Å². The van der Waals surface area contributed by atoms with E-state index in [2.05, 4.69) is 12.2 Å². The average Bonchev–Trinajstić information content (AvgIpc) is 2.25. The van der Waals surface area contributed by atoms with E-state index in [1.807, 2.05) is 0 Å². The average molecular weight is 234 g/mol. The van der Waals surface area contributed by atoms with Gasteiger partial charge in [-0.25, -0.2) is 4.79 Å². The molecule has 0 spiro atoms. The minimum atomic E-state index is -0.924. The molecule has 0 radical (unpaired) electrons. The molecule has 1 aromatic rings. The van der Waals surface area contributed by atoms with Gasteiger partial charge >= 0.3 is 5.97 Å². The molecule has 0 aromatic heterocycles. The largest absolute Gasteiger partial charge is 0.478 e. The number of aromatic carboxylic acids is 1. The zero-order chi connectivity index (χ0) is 12.5. The summed E-state index contributed by atoms with van der Waals surface area (Å²) in [4.78, 5) is 10.9. The number of nitrogen functional groups attached to an aromatic ring is 1. The van der Waals surface area contributed by atoms with Crippen LogP contribution in [0.5, 0.6) is 0 Å². The Morgan fingerprint density at radius 1 is 1.53 bits per heavy atom. The Hall–Kier alpha value is -1.71. The third-order valence-corrected chi connectivity index (χ3v) is 3.69. The summed E-state index contributed by atoms with van der Waals surface area (Å²) in [5.41, 5.74) is 7.61. The number of carbonyl (C=O) groups is 1. The molecular weight excluding hydrogens is 216 g/mol. The molecule has 1 aromatic carbocycles. The first-order valence-electron chi connectivity index (χ1n) is 5.97. The normalized spacial score (nSPS) is 17.2. The van der Waals surface area contributed by atoms with Crippen LogP contribution in [-0.4, -0.2) is 16.6 Å². The van der Waals surface area contributed by atoms with E-state index in [9.17, 15) is 4.79 Å². The summed E-state index contributed by atoms with van der Waals surface area (Å²) in [5.74, 6) is -0.924. The highest BCUT2D eigenvalue weighted by Crippen LogP contribution is 2.39. The third-order valence-electron chi connectivity index (χ3n) is 3.69. The first kappa shape index (κ1) is 11.8. The Bertz CT molecular complexity index is 434. The van der Waals surface area contributed by atoms with Gasteiger partial charge in [0.15, 0.2) is 0 Å². The number of rotatable bonds is 4. The lowest BCUT2D eigenvalue weighted by Gasteiger charge is -2.43. The minimum Gasteiger partial charge on any atom is -0.478 e. The SMILES string of the molecule is CCC1(Nc2cc(C(=O)O)ccc2N)CCC1. The van der Waals surface area contributed by atoms with Gasteiger partial charge in [0.2, 0.25) is 0 Å². The topological polar surface area (TPSA) is 75.3 Å². The minimum absolute atomic E-state index is 0.116. The molecule has 1 saturated carbocycles. The maximum absolute atomic E-state index is 10.9. The zero-order valence-corrected chi connectivity index (χ0v) is 9.99. The Morgan fingerprint density at radius 2 is 2.24 bits per heavy atom. The molecule has 2 rings (SSSR count). The van der Waals surface area contributed by atoms with Crippen molar-refractivity contribution < 1.29 is 9.90 Å². The maximum Gasteiger partial charge on any atom is 0.335 e. The Morgan fingerprint density at radius 3 is 2.71 bits per heavy atom. The van der Waals surface area contributed by atoms with Crippen LogP contribution in [0.1, 0.15) is 43.0 Å². The molecule has 4 nitrogen and oxygen atoms in total. The van der Waals surface area contributed by atoms with Crippen LogP contribution >= 0.6 is 0 Å². The van der Waals surface area contributed by atoms with E-state index in [0.717, 1.165) is 24.9 Å². The Kier molecular flexibility index (Phi) is 2.96. The summed E-state index contributed by atoms with van der Waals surface area (Å²) in [6, 6.07) is 4.80. The molecule has 1 aliphatic rings. The van der Waals surface area contributed by atoms with Gasteiger partial charge in [-0.15, -0.1) is 0 Å². The highest BCUT2D eigenvalue weighted by atomic mass is 16.4. The lowest BCUT2D eigenvalue weighted by Crippen LogP contribution is -2.44. The quantitative estimate of drug-likeness (QED) is 0.700. The van der Waals surface area contributed by atoms with Crippen molar-refractivity contribution >= 4 is 17.3 Å². The standard InChI is InChI=1S/C13H18N2O2/c1-2-13(6-3-7-13)15-11-8-9(12(16)17)4-5-10(11)14/h4-5,8,15H,2-3,6-7,14H2,1H3,(H,16,17). The summed E-state index contributed by atoms with van der Waals surface area (Å²) in [5, 5.41) is 12.4. The lowest BCUT2D eigenvalue weighted by atomic mass is 9.74. The third kappa shape index (κ3) is 2.20. The van der Waals surface area contributed by atoms with Gasteiger partial charge in [0.05, 0.1) is 16.9 Å². The molecule has 0 unspecified atom stereocenters. The van der Waals surface area contributed by atoms with E-state index < -0.39 is 5.97 Å². The maximum atomic E-state index is 10.9. The number of hydrogen-bond acceptors (Lipinski definition) is 3. The second-order valence-electron chi connectivity index (χ2n) is 4.72. The molecule has 0 atom stereocenters. The smallest absolute Gasteiger partial charge is 0.335 e. The van der Waals surface area contributed by atoms with Crippen molar-refractivity contribution in [3.63, 3.8) is 0 Å². The number of nitrogens with one attached hydrogen (secondary N) is 1. The molecule has 0 heterocycles. The van der Waals surface area contributed by atoms with Crippen molar-refractivity contribution in [2.75, 3.05) is 11.1 Å². The van der Waals surface area contributed by atoms with Crippen LogP contribution in [0.2, 0.25) is 0 Å². The fraction of sp³-hybridized carbons (Fsp3) is 0.462. The monoisotopic (exact) mass is 234 g/mol. The summed E-state index contributed by atoms with van der Waals surface area (Å²) in [6.45, 7) is 2.14. The van der Waals surface area contributed by atoms with Crippen LogP contribution in [-0.2, 0) is 0 Å². The number of carboxylic acids is 1. The Labute approximate surface area is 101 Å². The number of nitrogens with two attached hydrogens (primary N) is 1. The molecule has 4 heteroatoms. The van der Waals surface area contributed by atoms with Crippen molar-refractivity contribution in [1.82, 2.24) is 0 Å². The van der Waals surface area contributed by atoms with Gasteiger partial charge in [-0.05, 0) is 43.9 Å². The molecule has 0 bridgehead atoms. The molecule has 0 amide bonds. The van der Waals surface area contributed by atoms with Gasteiger partial charge < -0.3 is 16.2 Å². The fourth-order valence-electron chi connectivity index (χ4n) is 2.25. The summed E-state index contributed by atoms with van der Waals surface area (Å²) in [7, 11) is 0. The van der Waals surface area contributed by atoms with Gasteiger partial charge in [-0.2, -0.15) is 0 Å². The first-order chi connectivity index (χ1) is 8.06. The van der Waals surface area contributed by atoms with E-state index in [1.54, 1.807) is 12.1 Å². The van der Waals surface area contributed by atoms with Crippen molar-refractivity contribution in [3.05, 3.63) is 23.8 Å². The molecule has 92 valence electrons. The predicted molar refractivity (Wildman–Crippen MR) is 68.3 cm³/mol. The molecule has 1 aliphatic carbocycles. The van der Waals surface area contributed by atoms with Crippen LogP contribution < -0.4 is 11.1 Å². The zero-order valence-electron chi connectivity index (χ0n) is 9.99. The van der Waals surface area contributed by atoms with Gasteiger partial charge in [-0.3, -0.25) is 0 Å². The van der Waals surface area contributed by atoms with E-state index >= 15 is 0 Å². The number of hydrogen-bond donors (Lipinski definition) is 3. The van der Waals surface area contributed by atoms with Gasteiger partial charge in [0, 0.05) is 5.54 Å². The number of benzene rings is 1. The van der Waals surface area contributed by atoms with Gasteiger partial charge in [-0.1, -0.05) is 6.92 Å². The molecule has 0 saturated heterocycles. The molecule has 17 heavy (non-hydrogen) atoms. The Balaban J connectivity index is 2.25. The highest BCUT2D eigenvalue weighted by Gasteiger charge is 2.35. The van der Waals surface area contributed by atoms with Crippen LogP contribution in [0.3, 0.4) is 0 Å². The number of carboxylic acid groups (broad SMARTS) is 1. The van der Waals surface area contributed by atoms with E-state index in [4.69, 9.17) is 10.8 Å².